The number of nitrogens with two attached hydrogens (primary N) is 1. The molecule has 29 heavy (non-hydrogen) atoms. The van der Waals surface area contributed by atoms with Gasteiger partial charge in [-0.15, -0.1) is 0 Å². The molecule has 1 aromatic carbocycles. The van der Waals surface area contributed by atoms with Crippen LogP contribution in [0.4, 0.5) is 5.69 Å². The Morgan fingerprint density at radius 1 is 1.34 bits per heavy atom. The van der Waals surface area contributed by atoms with Gasteiger partial charge in [0.2, 0.25) is 0 Å². The van der Waals surface area contributed by atoms with Crippen LogP contribution in [0.3, 0.4) is 0 Å². The number of nitrogens with zero attached hydrogens (tertiary/aromatic N) is 4. The van der Waals surface area contributed by atoms with Crippen LogP contribution >= 0.6 is 0 Å². The fourth-order valence-corrected chi connectivity index (χ4v) is 3.93. The number of aryl methyl sites for hydroxylation is 1. The monoisotopic (exact) mass is 389 g/mol. The highest BCUT2D eigenvalue weighted by molar-refractivity contribution is 6.26. The highest BCUT2D eigenvalue weighted by Crippen LogP contribution is 2.28. The fraction of sp³-hybridized carbons (Fsp3) is 0.381. The zero-order valence-electron chi connectivity index (χ0n) is 16.2. The van der Waals surface area contributed by atoms with Gasteiger partial charge >= 0.3 is 0 Å². The average Bonchev–Trinajstić information content (AvgIpc) is 2.70. The minimum Gasteiger partial charge on any atom is -0.343 e. The maximum atomic E-state index is 12.6. The molecule has 0 bridgehead atoms. The lowest BCUT2D eigenvalue weighted by molar-refractivity contribution is -0.122. The van der Waals surface area contributed by atoms with Crippen LogP contribution in [0.1, 0.15) is 31.2 Å². The molecule has 4 rings (SSSR count). The summed E-state index contributed by atoms with van der Waals surface area (Å²) in [5.41, 5.74) is 11.4. The second-order valence-electron chi connectivity index (χ2n) is 7.57. The number of aliphatic imine (C=N–C) groups is 2. The normalized spacial score (nSPS) is 27.8. The van der Waals surface area contributed by atoms with E-state index in [2.05, 4.69) is 26.9 Å². The van der Waals surface area contributed by atoms with E-state index in [-0.39, 0.29) is 23.6 Å². The molecule has 8 heteroatoms. The van der Waals surface area contributed by atoms with Crippen molar-refractivity contribution in [3.63, 3.8) is 0 Å². The summed E-state index contributed by atoms with van der Waals surface area (Å²) >= 11 is 0. The zero-order valence-corrected chi connectivity index (χ0v) is 16.2. The summed E-state index contributed by atoms with van der Waals surface area (Å²) in [7, 11) is 0. The lowest BCUT2D eigenvalue weighted by atomic mass is 9.88. The van der Waals surface area contributed by atoms with Crippen molar-refractivity contribution in [2.24, 2.45) is 26.7 Å². The number of hydrogen-bond acceptors (Lipinski definition) is 6. The molecule has 1 saturated carbocycles. The maximum Gasteiger partial charge on any atom is 0.255 e. The first kappa shape index (κ1) is 19.0. The molecule has 1 aliphatic carbocycles. The van der Waals surface area contributed by atoms with Crippen LogP contribution < -0.4 is 16.5 Å². The lowest BCUT2D eigenvalue weighted by Gasteiger charge is -2.29. The van der Waals surface area contributed by atoms with Gasteiger partial charge in [-0.1, -0.05) is 25.0 Å². The summed E-state index contributed by atoms with van der Waals surface area (Å²) in [5.74, 6) is -0.321. The molecule has 1 aromatic rings. The van der Waals surface area contributed by atoms with Gasteiger partial charge in [-0.25, -0.2) is 10.4 Å². The van der Waals surface area contributed by atoms with Crippen molar-refractivity contribution in [3.8, 4) is 6.07 Å². The number of dihydropyridines is 1. The van der Waals surface area contributed by atoms with Crippen molar-refractivity contribution in [2.45, 2.75) is 44.7 Å². The van der Waals surface area contributed by atoms with Gasteiger partial charge in [-0.2, -0.15) is 10.4 Å². The number of amidine groups is 2. The van der Waals surface area contributed by atoms with Crippen LogP contribution in [0.5, 0.6) is 0 Å². The Kier molecular flexibility index (Phi) is 5.23. The second kappa shape index (κ2) is 7.97. The van der Waals surface area contributed by atoms with E-state index in [4.69, 9.17) is 10.7 Å². The Hall–Kier alpha value is -3.31. The SMILES string of the molecule is Cc1cccc(NC2=NC(=N[C@@H]3CCCC[C@@H]3N)C(C#N)=C3C=NNC(=O)C23)c1. The molecule has 148 valence electrons. The molecular formula is C21H23N7O. The number of amides is 1. The Morgan fingerprint density at radius 2 is 2.17 bits per heavy atom. The molecule has 8 nitrogen and oxygen atoms in total. The first-order valence-electron chi connectivity index (χ1n) is 9.80. The maximum absolute atomic E-state index is 12.6. The zero-order chi connectivity index (χ0) is 20.4. The third-order valence-electron chi connectivity index (χ3n) is 5.44. The van der Waals surface area contributed by atoms with E-state index in [0.717, 1.165) is 36.9 Å². The fourth-order valence-electron chi connectivity index (χ4n) is 3.93. The molecule has 0 spiro atoms. The van der Waals surface area contributed by atoms with Gasteiger partial charge < -0.3 is 11.1 Å². The third kappa shape index (κ3) is 3.82. The Balaban J connectivity index is 1.78. The van der Waals surface area contributed by atoms with Crippen LogP contribution in [0.25, 0.3) is 0 Å². The predicted molar refractivity (Wildman–Crippen MR) is 113 cm³/mol. The predicted octanol–water partition coefficient (Wildman–Crippen LogP) is 2.04. The molecule has 1 fully saturated rings. The van der Waals surface area contributed by atoms with E-state index < -0.39 is 5.92 Å². The Bertz CT molecular complexity index is 999. The third-order valence-corrected chi connectivity index (χ3v) is 5.44. The highest BCUT2D eigenvalue weighted by atomic mass is 16.2. The molecule has 4 N–H and O–H groups in total. The van der Waals surface area contributed by atoms with Crippen molar-refractivity contribution in [2.75, 3.05) is 5.32 Å². The molecule has 1 unspecified atom stereocenters. The number of rotatable bonds is 2. The molecule has 0 saturated heterocycles. The van der Waals surface area contributed by atoms with Gasteiger partial charge in [0.05, 0.1) is 12.3 Å². The highest BCUT2D eigenvalue weighted by Gasteiger charge is 2.38. The molecule has 3 atom stereocenters. The van der Waals surface area contributed by atoms with Gasteiger partial charge in [0.25, 0.3) is 5.91 Å². The van der Waals surface area contributed by atoms with E-state index in [0.29, 0.717) is 17.2 Å². The van der Waals surface area contributed by atoms with Crippen LogP contribution in [0.15, 0.2) is 50.5 Å². The van der Waals surface area contributed by atoms with Crippen molar-refractivity contribution >= 4 is 29.5 Å². The molecule has 1 amide bonds. The summed E-state index contributed by atoms with van der Waals surface area (Å²) in [6.45, 7) is 1.99. The van der Waals surface area contributed by atoms with Crippen molar-refractivity contribution in [1.82, 2.24) is 5.43 Å². The number of hydrazone groups is 1. The topological polar surface area (TPSA) is 128 Å². The van der Waals surface area contributed by atoms with Gasteiger partial charge in [0, 0.05) is 17.3 Å². The smallest absolute Gasteiger partial charge is 0.255 e. The second-order valence-corrected chi connectivity index (χ2v) is 7.57. The van der Waals surface area contributed by atoms with E-state index in [1.165, 1.54) is 6.21 Å². The molecule has 0 radical (unpaired) electrons. The van der Waals surface area contributed by atoms with Crippen LogP contribution in [-0.4, -0.2) is 35.9 Å². The minimum atomic E-state index is -0.735. The molecule has 2 aliphatic heterocycles. The summed E-state index contributed by atoms with van der Waals surface area (Å²) < 4.78 is 0. The molecule has 2 heterocycles. The van der Waals surface area contributed by atoms with Crippen molar-refractivity contribution < 1.29 is 4.79 Å². The van der Waals surface area contributed by atoms with Crippen LogP contribution in [-0.2, 0) is 4.79 Å². The number of hydrogen-bond donors (Lipinski definition) is 3. The largest absolute Gasteiger partial charge is 0.343 e. The summed E-state index contributed by atoms with van der Waals surface area (Å²) in [6.07, 6.45) is 5.43. The number of anilines is 1. The first-order chi connectivity index (χ1) is 14.1. The standard InChI is InChI=1S/C21H23N7O/c1-12-5-4-6-13(9-12)25-20-18-15(11-24-28-21(18)29)14(10-22)19(27-20)26-17-8-3-2-7-16(17)23/h4-6,9,11,16-18H,2-3,7-8,23H2,1H3,(H,28,29)(H,25,26,27)/t16-,17+,18?/m0/s1. The van der Waals surface area contributed by atoms with Crippen LogP contribution in [0, 0.1) is 24.2 Å². The summed E-state index contributed by atoms with van der Waals surface area (Å²) in [5, 5.41) is 16.9. The molecular weight excluding hydrogens is 366 g/mol. The van der Waals surface area contributed by atoms with E-state index in [1.807, 2.05) is 31.2 Å². The number of nitriles is 1. The van der Waals surface area contributed by atoms with Crippen LogP contribution in [0.2, 0.25) is 0 Å². The van der Waals surface area contributed by atoms with Crippen molar-refractivity contribution in [3.05, 3.63) is 41.0 Å². The molecule has 3 aliphatic rings. The number of benzene rings is 1. The lowest BCUT2D eigenvalue weighted by Crippen LogP contribution is -2.44. The van der Waals surface area contributed by atoms with E-state index in [9.17, 15) is 10.1 Å². The number of nitrogens with one attached hydrogen (secondary N) is 2. The van der Waals surface area contributed by atoms with Gasteiger partial charge in [-0.3, -0.25) is 9.79 Å². The Labute approximate surface area is 169 Å². The minimum absolute atomic E-state index is 0.0504. The van der Waals surface area contributed by atoms with Crippen molar-refractivity contribution in [1.29, 1.82) is 5.26 Å². The Morgan fingerprint density at radius 3 is 2.93 bits per heavy atom. The molecule has 0 aromatic heterocycles. The summed E-state index contributed by atoms with van der Waals surface area (Å²) in [4.78, 5) is 21.9. The number of carbonyl (C=O) groups excluding carboxylic acids is 1. The van der Waals surface area contributed by atoms with Gasteiger partial charge in [0.15, 0.2) is 5.84 Å². The van der Waals surface area contributed by atoms with E-state index in [1.54, 1.807) is 0 Å². The number of carbonyl (C=O) groups is 1. The average molecular weight is 389 g/mol. The van der Waals surface area contributed by atoms with Gasteiger partial charge in [-0.05, 0) is 37.5 Å². The van der Waals surface area contributed by atoms with Gasteiger partial charge in [0.1, 0.15) is 23.4 Å². The van der Waals surface area contributed by atoms with E-state index >= 15 is 0 Å². The number of fused-ring (bicyclic) bond motifs is 1. The summed E-state index contributed by atoms with van der Waals surface area (Å²) in [6, 6.07) is 9.83. The quantitative estimate of drug-likeness (QED) is 0.715. The first-order valence-corrected chi connectivity index (χ1v) is 9.80.